The van der Waals surface area contributed by atoms with E-state index in [0.29, 0.717) is 0 Å². The summed E-state index contributed by atoms with van der Waals surface area (Å²) in [4.78, 5) is 48.7. The molecule has 0 aromatic rings. The van der Waals surface area contributed by atoms with Crippen molar-refractivity contribution in [3.05, 3.63) is 0 Å². The standard InChI is InChI=1S/2C12H23NO2.Ti/c2*1-4-6-8-13(9-7-5-2)12(15)10-11(3)14;/h2*4-10H2,1-3H3;/q;;+4. The second-order valence-corrected chi connectivity index (χ2v) is 7.93. The molecule has 0 unspecified atom stereocenters. The number of carbonyl (C=O) groups is 4. The molecule has 0 aliphatic carbocycles. The van der Waals surface area contributed by atoms with Crippen molar-refractivity contribution in [3.8, 4) is 0 Å². The van der Waals surface area contributed by atoms with E-state index in [1.807, 2.05) is 9.80 Å². The molecule has 2 amide bonds. The zero-order valence-electron chi connectivity index (χ0n) is 20.9. The molecule has 0 atom stereocenters. The predicted molar refractivity (Wildman–Crippen MR) is 123 cm³/mol. The maximum absolute atomic E-state index is 11.7. The molecule has 0 aromatic heterocycles. The molecule has 0 spiro atoms. The molecule has 0 aliphatic heterocycles. The summed E-state index contributed by atoms with van der Waals surface area (Å²) >= 11 is 0. The molecule has 0 heterocycles. The summed E-state index contributed by atoms with van der Waals surface area (Å²) < 4.78 is 0. The van der Waals surface area contributed by atoms with Crippen LogP contribution in [0.1, 0.15) is 106 Å². The molecule has 6 nitrogen and oxygen atoms in total. The first kappa shape index (κ1) is 34.6. The van der Waals surface area contributed by atoms with Gasteiger partial charge >= 0.3 is 21.7 Å². The van der Waals surface area contributed by atoms with Crippen LogP contribution in [0.5, 0.6) is 0 Å². The van der Waals surface area contributed by atoms with Gasteiger partial charge in [-0.05, 0) is 39.5 Å². The average molecular weight is 475 g/mol. The van der Waals surface area contributed by atoms with Crippen LogP contribution in [-0.4, -0.2) is 59.4 Å². The van der Waals surface area contributed by atoms with Gasteiger partial charge in [0, 0.05) is 26.2 Å². The van der Waals surface area contributed by atoms with Crippen LogP contribution in [0.25, 0.3) is 0 Å². The molecule has 0 radical (unpaired) electrons. The molecule has 0 rings (SSSR count). The summed E-state index contributed by atoms with van der Waals surface area (Å²) in [5, 5.41) is 0. The summed E-state index contributed by atoms with van der Waals surface area (Å²) in [6, 6.07) is 0. The van der Waals surface area contributed by atoms with Gasteiger partial charge in [-0.3, -0.25) is 19.2 Å². The van der Waals surface area contributed by atoms with Crippen LogP contribution in [0.4, 0.5) is 0 Å². The van der Waals surface area contributed by atoms with Crippen molar-refractivity contribution in [2.24, 2.45) is 0 Å². The fourth-order valence-corrected chi connectivity index (χ4v) is 2.77. The van der Waals surface area contributed by atoms with Crippen LogP contribution < -0.4 is 0 Å². The van der Waals surface area contributed by atoms with Gasteiger partial charge in [-0.2, -0.15) is 0 Å². The fraction of sp³-hybridized carbons (Fsp3) is 0.833. The zero-order valence-corrected chi connectivity index (χ0v) is 22.5. The Bertz CT molecular complexity index is 438. The second-order valence-electron chi connectivity index (χ2n) is 7.93. The largest absolute Gasteiger partial charge is 4.00 e. The van der Waals surface area contributed by atoms with Crippen LogP contribution in [0.15, 0.2) is 0 Å². The quantitative estimate of drug-likeness (QED) is 0.238. The van der Waals surface area contributed by atoms with Crippen molar-refractivity contribution >= 4 is 23.4 Å². The smallest absolute Gasteiger partial charge is 0.342 e. The van der Waals surface area contributed by atoms with Gasteiger partial charge < -0.3 is 9.80 Å². The van der Waals surface area contributed by atoms with Crippen molar-refractivity contribution in [2.75, 3.05) is 26.2 Å². The molecule has 176 valence electrons. The van der Waals surface area contributed by atoms with E-state index < -0.39 is 0 Å². The zero-order chi connectivity index (χ0) is 23.4. The Labute approximate surface area is 205 Å². The molecule has 0 fully saturated rings. The normalized spacial score (nSPS) is 9.74. The van der Waals surface area contributed by atoms with E-state index in [0.717, 1.165) is 77.5 Å². The molecule has 0 aliphatic rings. The Balaban J connectivity index is -0.000000490. The third-order valence-electron chi connectivity index (χ3n) is 4.63. The number of carbonyl (C=O) groups excluding carboxylic acids is 4. The maximum Gasteiger partial charge on any atom is 4.00 e. The topological polar surface area (TPSA) is 74.8 Å². The number of amides is 2. The fourth-order valence-electron chi connectivity index (χ4n) is 2.77. The number of hydrogen-bond donors (Lipinski definition) is 0. The predicted octanol–water partition coefficient (Wildman–Crippen LogP) is 4.79. The average Bonchev–Trinajstić information content (AvgIpc) is 2.67. The Kier molecular flexibility index (Phi) is 26.4. The van der Waals surface area contributed by atoms with Crippen molar-refractivity contribution in [1.29, 1.82) is 0 Å². The molecular weight excluding hydrogens is 428 g/mol. The van der Waals surface area contributed by atoms with Gasteiger partial charge in [-0.1, -0.05) is 53.4 Å². The van der Waals surface area contributed by atoms with Gasteiger partial charge in [-0.15, -0.1) is 0 Å². The number of Topliss-reactive ketones (excluding diaryl/α,β-unsaturated/α-hetero) is 2. The molecule has 0 saturated heterocycles. The van der Waals surface area contributed by atoms with Gasteiger partial charge in [-0.25, -0.2) is 0 Å². The van der Waals surface area contributed by atoms with Crippen molar-refractivity contribution in [3.63, 3.8) is 0 Å². The SMILES string of the molecule is CCCCN(CCCC)C(=O)CC(C)=O.CCCCN(CCCC)C(=O)CC(C)=O.[Ti+4]. The number of unbranched alkanes of at least 4 members (excludes halogenated alkanes) is 4. The first-order valence-electron chi connectivity index (χ1n) is 11.8. The number of nitrogens with zero attached hydrogens (tertiary/aromatic N) is 2. The number of ketones is 2. The van der Waals surface area contributed by atoms with Gasteiger partial charge in [0.2, 0.25) is 11.8 Å². The molecule has 0 saturated carbocycles. The number of rotatable bonds is 16. The van der Waals surface area contributed by atoms with Crippen LogP contribution in [0.2, 0.25) is 0 Å². The van der Waals surface area contributed by atoms with Gasteiger partial charge in [0.05, 0.1) is 12.8 Å². The van der Waals surface area contributed by atoms with E-state index in [4.69, 9.17) is 0 Å². The van der Waals surface area contributed by atoms with E-state index in [2.05, 4.69) is 27.7 Å². The Morgan fingerprint density at radius 2 is 0.742 bits per heavy atom. The Morgan fingerprint density at radius 1 is 0.516 bits per heavy atom. The molecule has 7 heteroatoms. The molecule has 31 heavy (non-hydrogen) atoms. The molecule has 0 N–H and O–H groups in total. The number of hydrogen-bond acceptors (Lipinski definition) is 4. The van der Waals surface area contributed by atoms with E-state index in [-0.39, 0.29) is 57.9 Å². The van der Waals surface area contributed by atoms with Crippen LogP contribution in [0.3, 0.4) is 0 Å². The van der Waals surface area contributed by atoms with Crippen molar-refractivity contribution in [2.45, 2.75) is 106 Å². The van der Waals surface area contributed by atoms with E-state index >= 15 is 0 Å². The summed E-state index contributed by atoms with van der Waals surface area (Å²) in [7, 11) is 0. The van der Waals surface area contributed by atoms with Crippen LogP contribution >= 0.6 is 0 Å². The van der Waals surface area contributed by atoms with Crippen LogP contribution in [-0.2, 0) is 40.9 Å². The van der Waals surface area contributed by atoms with Gasteiger partial charge in [0.25, 0.3) is 0 Å². The molecular formula is C24H46N2O4Ti+4. The Morgan fingerprint density at radius 3 is 0.903 bits per heavy atom. The summed E-state index contributed by atoms with van der Waals surface area (Å²) in [5.41, 5.74) is 0. The van der Waals surface area contributed by atoms with Crippen molar-refractivity contribution < 1.29 is 40.9 Å². The minimum atomic E-state index is -0.0435. The third kappa shape index (κ3) is 22.0. The maximum atomic E-state index is 11.7. The summed E-state index contributed by atoms with van der Waals surface area (Å²) in [6.07, 6.45) is 8.53. The minimum Gasteiger partial charge on any atom is -0.342 e. The molecule has 0 bridgehead atoms. The van der Waals surface area contributed by atoms with Crippen LogP contribution in [0, 0.1) is 0 Å². The molecule has 0 aromatic carbocycles. The van der Waals surface area contributed by atoms with Gasteiger partial charge in [0.1, 0.15) is 11.6 Å². The van der Waals surface area contributed by atoms with Gasteiger partial charge in [0.15, 0.2) is 0 Å². The summed E-state index contributed by atoms with van der Waals surface area (Å²) in [5.74, 6) is -0.107. The first-order valence-corrected chi connectivity index (χ1v) is 11.8. The third-order valence-corrected chi connectivity index (χ3v) is 4.63. The van der Waals surface area contributed by atoms with E-state index in [9.17, 15) is 19.2 Å². The first-order chi connectivity index (χ1) is 14.2. The second kappa shape index (κ2) is 23.7. The van der Waals surface area contributed by atoms with E-state index in [1.165, 1.54) is 13.8 Å². The summed E-state index contributed by atoms with van der Waals surface area (Å²) in [6.45, 7) is 14.5. The van der Waals surface area contributed by atoms with Crippen molar-refractivity contribution in [1.82, 2.24) is 9.80 Å². The monoisotopic (exact) mass is 474 g/mol. The Hall–Kier alpha value is -1.01. The van der Waals surface area contributed by atoms with E-state index in [1.54, 1.807) is 0 Å². The minimum absolute atomic E-state index is 0.